The highest BCUT2D eigenvalue weighted by Gasteiger charge is 2.20. The van der Waals surface area contributed by atoms with Crippen LogP contribution in [0, 0.1) is 0 Å². The van der Waals surface area contributed by atoms with Crippen LogP contribution in [0.15, 0.2) is 54.6 Å². The topological polar surface area (TPSA) is 24.9 Å². The molecule has 0 aliphatic rings. The van der Waals surface area contributed by atoms with Crippen LogP contribution in [0.4, 0.5) is 0 Å². The average molecular weight is 274 g/mol. The second-order valence-electron chi connectivity index (χ2n) is 3.75. The molecule has 1 aromatic carbocycles. The van der Waals surface area contributed by atoms with Gasteiger partial charge in [-0.3, -0.25) is 0 Å². The Balaban J connectivity index is 2.29. The highest BCUT2D eigenvalue weighted by atomic mass is 32.1. The van der Waals surface area contributed by atoms with Crippen LogP contribution < -0.4 is 5.32 Å². The van der Waals surface area contributed by atoms with Crippen molar-refractivity contribution >= 4 is 28.5 Å². The summed E-state index contributed by atoms with van der Waals surface area (Å²) in [6.07, 6.45) is 3.61. The van der Waals surface area contributed by atoms with Crippen LogP contribution in [0.2, 0.25) is 0 Å². The van der Waals surface area contributed by atoms with Gasteiger partial charge in [0.25, 0.3) is 0 Å². The van der Waals surface area contributed by atoms with Crippen molar-refractivity contribution in [1.29, 1.82) is 0 Å². The molecular formula is C14H14N2S2. The van der Waals surface area contributed by atoms with Gasteiger partial charge < -0.3 is 5.32 Å². The van der Waals surface area contributed by atoms with E-state index >= 15 is 0 Å². The summed E-state index contributed by atoms with van der Waals surface area (Å²) in [6, 6.07) is 10.2. The van der Waals surface area contributed by atoms with Crippen molar-refractivity contribution in [3.63, 3.8) is 0 Å². The Bertz CT molecular complexity index is 506. The van der Waals surface area contributed by atoms with Crippen molar-refractivity contribution in [1.82, 2.24) is 10.3 Å². The molecule has 0 saturated heterocycles. The Hall–Kier alpha value is -1.52. The molecule has 0 spiro atoms. The van der Waals surface area contributed by atoms with Crippen molar-refractivity contribution in [3.8, 4) is 0 Å². The minimum atomic E-state index is 0.0288. The lowest BCUT2D eigenvalue weighted by molar-refractivity contribution is 0.959. The van der Waals surface area contributed by atoms with Gasteiger partial charge in [-0.05, 0) is 5.56 Å². The summed E-state index contributed by atoms with van der Waals surface area (Å²) in [4.78, 5) is 5.18. The molecule has 2 rings (SSSR count). The fraction of sp³-hybridized carbons (Fsp3) is 0.143. The number of aromatic nitrogens is 1. The first-order valence-corrected chi connectivity index (χ1v) is 6.94. The van der Waals surface area contributed by atoms with E-state index in [1.165, 1.54) is 0 Å². The zero-order valence-corrected chi connectivity index (χ0v) is 11.5. The van der Waals surface area contributed by atoms with Gasteiger partial charge in [0.05, 0.1) is 10.9 Å². The maximum atomic E-state index is 5.48. The predicted molar refractivity (Wildman–Crippen MR) is 81.2 cm³/mol. The molecular weight excluding hydrogens is 260 g/mol. The van der Waals surface area contributed by atoms with E-state index in [2.05, 4.69) is 29.0 Å². The van der Waals surface area contributed by atoms with Gasteiger partial charge in [-0.25, -0.2) is 4.98 Å². The molecule has 0 bridgehead atoms. The molecule has 1 unspecified atom stereocenters. The van der Waals surface area contributed by atoms with Crippen LogP contribution in [0.1, 0.15) is 16.5 Å². The van der Waals surface area contributed by atoms with E-state index in [0.29, 0.717) is 6.54 Å². The van der Waals surface area contributed by atoms with Gasteiger partial charge in [-0.1, -0.05) is 48.6 Å². The average Bonchev–Trinajstić information content (AvgIpc) is 2.92. The molecule has 1 aromatic heterocycles. The molecule has 4 heteroatoms. The summed E-state index contributed by atoms with van der Waals surface area (Å²) in [5, 5.41) is 6.19. The Labute approximate surface area is 116 Å². The molecule has 0 fully saturated rings. The van der Waals surface area contributed by atoms with E-state index in [4.69, 9.17) is 12.2 Å². The molecule has 2 aromatic rings. The predicted octanol–water partition coefficient (Wildman–Crippen LogP) is 3.38. The Morgan fingerprint density at radius 2 is 2.22 bits per heavy atom. The molecule has 1 N–H and O–H groups in total. The molecule has 1 heterocycles. The quantitative estimate of drug-likeness (QED) is 0.668. The van der Waals surface area contributed by atoms with E-state index in [1.807, 2.05) is 29.8 Å². The van der Waals surface area contributed by atoms with E-state index < -0.39 is 0 Å². The number of hydrogen-bond donors (Lipinski definition) is 1. The molecule has 0 saturated carbocycles. The number of nitrogens with one attached hydrogen (secondary N) is 1. The molecule has 1 atom stereocenters. The smallest absolute Gasteiger partial charge is 0.107 e. The fourth-order valence-corrected chi connectivity index (χ4v) is 2.88. The Morgan fingerprint density at radius 1 is 1.44 bits per heavy atom. The van der Waals surface area contributed by atoms with Gasteiger partial charge in [-0.2, -0.15) is 0 Å². The summed E-state index contributed by atoms with van der Waals surface area (Å²) in [5.74, 6) is 0.0288. The molecule has 2 nitrogen and oxygen atoms in total. The second kappa shape index (κ2) is 6.42. The van der Waals surface area contributed by atoms with Gasteiger partial charge in [0, 0.05) is 18.1 Å². The van der Waals surface area contributed by atoms with Gasteiger partial charge in [0.15, 0.2) is 0 Å². The summed E-state index contributed by atoms with van der Waals surface area (Å²) >= 11 is 7.10. The Morgan fingerprint density at radius 3 is 2.83 bits per heavy atom. The van der Waals surface area contributed by atoms with Crippen LogP contribution in [0.3, 0.4) is 0 Å². The van der Waals surface area contributed by atoms with Crippen molar-refractivity contribution in [2.75, 3.05) is 6.54 Å². The fourth-order valence-electron chi connectivity index (χ4n) is 1.70. The van der Waals surface area contributed by atoms with Crippen LogP contribution in [-0.2, 0) is 0 Å². The first-order chi connectivity index (χ1) is 8.83. The van der Waals surface area contributed by atoms with E-state index in [9.17, 15) is 0 Å². The molecule has 92 valence electrons. The molecule has 18 heavy (non-hydrogen) atoms. The van der Waals surface area contributed by atoms with Crippen molar-refractivity contribution in [2.24, 2.45) is 0 Å². The molecule has 0 aliphatic carbocycles. The zero-order valence-electron chi connectivity index (χ0n) is 9.87. The van der Waals surface area contributed by atoms with E-state index in [0.717, 1.165) is 15.6 Å². The van der Waals surface area contributed by atoms with Crippen LogP contribution in [0.5, 0.6) is 0 Å². The number of benzene rings is 1. The third kappa shape index (κ3) is 3.03. The standard InChI is InChI=1S/C14H14N2S2/c1-2-8-15-13(17)12(14-16-9-10-18-14)11-6-4-3-5-7-11/h2-7,9-10,12H,1,8H2,(H,15,17). The summed E-state index contributed by atoms with van der Waals surface area (Å²) in [5.41, 5.74) is 1.16. The number of hydrogen-bond acceptors (Lipinski definition) is 3. The summed E-state index contributed by atoms with van der Waals surface area (Å²) in [6.45, 7) is 4.37. The highest BCUT2D eigenvalue weighted by molar-refractivity contribution is 7.80. The molecule has 0 radical (unpaired) electrons. The van der Waals surface area contributed by atoms with Crippen molar-refractivity contribution in [2.45, 2.75) is 5.92 Å². The number of thiocarbonyl (C=S) groups is 1. The number of thiazole rings is 1. The zero-order chi connectivity index (χ0) is 12.8. The lowest BCUT2D eigenvalue weighted by atomic mass is 9.99. The van der Waals surface area contributed by atoms with Gasteiger partial charge >= 0.3 is 0 Å². The number of rotatable bonds is 5. The first-order valence-electron chi connectivity index (χ1n) is 5.66. The molecule has 0 aliphatic heterocycles. The maximum absolute atomic E-state index is 5.48. The third-order valence-electron chi connectivity index (χ3n) is 2.51. The minimum Gasteiger partial charge on any atom is -0.375 e. The summed E-state index contributed by atoms with van der Waals surface area (Å²) < 4.78 is 0. The first kappa shape index (κ1) is 12.9. The lowest BCUT2D eigenvalue weighted by Gasteiger charge is -2.17. The van der Waals surface area contributed by atoms with Crippen molar-refractivity contribution < 1.29 is 0 Å². The van der Waals surface area contributed by atoms with E-state index in [-0.39, 0.29) is 5.92 Å². The van der Waals surface area contributed by atoms with Gasteiger partial charge in [0.1, 0.15) is 5.01 Å². The van der Waals surface area contributed by atoms with Crippen LogP contribution >= 0.6 is 23.6 Å². The molecule has 0 amide bonds. The van der Waals surface area contributed by atoms with Gasteiger partial charge in [-0.15, -0.1) is 17.9 Å². The van der Waals surface area contributed by atoms with Crippen LogP contribution in [-0.4, -0.2) is 16.5 Å². The number of nitrogens with zero attached hydrogens (tertiary/aromatic N) is 1. The largest absolute Gasteiger partial charge is 0.375 e. The highest BCUT2D eigenvalue weighted by Crippen LogP contribution is 2.27. The SMILES string of the molecule is C=CCNC(=S)C(c1ccccc1)c1nccs1. The van der Waals surface area contributed by atoms with Gasteiger partial charge in [0.2, 0.25) is 0 Å². The lowest BCUT2D eigenvalue weighted by Crippen LogP contribution is -2.28. The second-order valence-corrected chi connectivity index (χ2v) is 5.11. The Kier molecular flexibility index (Phi) is 4.61. The minimum absolute atomic E-state index is 0.0288. The van der Waals surface area contributed by atoms with Crippen molar-refractivity contribution in [3.05, 3.63) is 65.1 Å². The van der Waals surface area contributed by atoms with Crippen LogP contribution in [0.25, 0.3) is 0 Å². The summed E-state index contributed by atoms with van der Waals surface area (Å²) in [7, 11) is 0. The normalized spacial score (nSPS) is 11.8. The monoisotopic (exact) mass is 274 g/mol. The maximum Gasteiger partial charge on any atom is 0.107 e. The third-order valence-corrected chi connectivity index (χ3v) is 3.73. The van der Waals surface area contributed by atoms with E-state index in [1.54, 1.807) is 17.4 Å².